The van der Waals surface area contributed by atoms with E-state index in [9.17, 15) is 9.59 Å². The third-order valence-corrected chi connectivity index (χ3v) is 4.06. The van der Waals surface area contributed by atoms with Crippen molar-refractivity contribution in [2.24, 2.45) is 5.10 Å². The minimum absolute atomic E-state index is 0.176. The zero-order valence-electron chi connectivity index (χ0n) is 11.2. The minimum atomic E-state index is -0.454. The third kappa shape index (κ3) is 4.56. The maximum Gasteiger partial charge on any atom is 0.261 e. The van der Waals surface area contributed by atoms with Crippen LogP contribution in [0, 0.1) is 0 Å². The van der Waals surface area contributed by atoms with Crippen molar-refractivity contribution in [2.75, 3.05) is 6.54 Å². The van der Waals surface area contributed by atoms with Gasteiger partial charge in [-0.3, -0.25) is 9.59 Å². The van der Waals surface area contributed by atoms with E-state index >= 15 is 0 Å². The number of benzene rings is 1. The molecule has 2 amide bonds. The first-order chi connectivity index (χ1) is 10.6. The largest absolute Gasteiger partial charge is 0.342 e. The van der Waals surface area contributed by atoms with E-state index in [1.807, 2.05) is 0 Å². The average molecular weight is 356 g/mol. The summed E-state index contributed by atoms with van der Waals surface area (Å²) in [5, 5.41) is 8.89. The first-order valence-electron chi connectivity index (χ1n) is 6.15. The Labute approximate surface area is 140 Å². The van der Waals surface area contributed by atoms with Crippen LogP contribution in [-0.2, 0) is 4.79 Å². The monoisotopic (exact) mass is 355 g/mol. The van der Waals surface area contributed by atoms with E-state index in [2.05, 4.69) is 15.8 Å². The molecule has 0 bridgehead atoms. The summed E-state index contributed by atoms with van der Waals surface area (Å²) >= 11 is 13.2. The number of nitrogens with zero attached hydrogens (tertiary/aromatic N) is 1. The lowest BCUT2D eigenvalue weighted by Crippen LogP contribution is -2.34. The predicted octanol–water partition coefficient (Wildman–Crippen LogP) is 2.94. The Kier molecular flexibility index (Phi) is 5.94. The standard InChI is InChI=1S/C14H11Cl2N3O2S/c15-10-3-1-4-11(16)9(10)7-18-19-13(20)8-17-14(21)12-5-2-6-22-12/h1-7H,8H2,(H,17,21)(H,19,20)/b18-7-. The summed E-state index contributed by atoms with van der Waals surface area (Å²) in [6.07, 6.45) is 1.35. The van der Waals surface area contributed by atoms with Gasteiger partial charge in [-0.05, 0) is 23.6 Å². The van der Waals surface area contributed by atoms with Gasteiger partial charge in [-0.25, -0.2) is 5.43 Å². The van der Waals surface area contributed by atoms with Crippen molar-refractivity contribution in [1.29, 1.82) is 0 Å². The number of carbonyl (C=O) groups excluding carboxylic acids is 2. The van der Waals surface area contributed by atoms with Gasteiger partial charge < -0.3 is 5.32 Å². The van der Waals surface area contributed by atoms with Gasteiger partial charge in [-0.1, -0.05) is 35.3 Å². The van der Waals surface area contributed by atoms with Crippen molar-refractivity contribution in [3.8, 4) is 0 Å². The van der Waals surface area contributed by atoms with Crippen molar-refractivity contribution >= 4 is 52.6 Å². The molecule has 0 spiro atoms. The molecule has 1 aromatic heterocycles. The highest BCUT2D eigenvalue weighted by atomic mass is 35.5. The molecule has 8 heteroatoms. The van der Waals surface area contributed by atoms with E-state index in [-0.39, 0.29) is 12.5 Å². The van der Waals surface area contributed by atoms with Crippen molar-refractivity contribution in [3.05, 3.63) is 56.2 Å². The van der Waals surface area contributed by atoms with Crippen LogP contribution in [0.15, 0.2) is 40.8 Å². The highest BCUT2D eigenvalue weighted by Gasteiger charge is 2.08. The number of hydrazone groups is 1. The maximum atomic E-state index is 11.6. The van der Waals surface area contributed by atoms with E-state index in [1.165, 1.54) is 17.6 Å². The van der Waals surface area contributed by atoms with E-state index in [0.717, 1.165) is 0 Å². The molecule has 2 N–H and O–H groups in total. The molecule has 0 unspecified atom stereocenters. The van der Waals surface area contributed by atoms with E-state index in [0.29, 0.717) is 20.5 Å². The van der Waals surface area contributed by atoms with Crippen LogP contribution in [0.2, 0.25) is 10.0 Å². The molecule has 2 rings (SSSR count). The van der Waals surface area contributed by atoms with Gasteiger partial charge in [0.2, 0.25) is 0 Å². The molecule has 0 atom stereocenters. The fourth-order valence-corrected chi connectivity index (χ4v) is 2.63. The summed E-state index contributed by atoms with van der Waals surface area (Å²) in [6, 6.07) is 8.48. The van der Waals surface area contributed by atoms with Crippen LogP contribution in [0.5, 0.6) is 0 Å². The topological polar surface area (TPSA) is 70.6 Å². The Morgan fingerprint density at radius 1 is 1.18 bits per heavy atom. The van der Waals surface area contributed by atoms with Crippen LogP contribution in [0.4, 0.5) is 0 Å². The molecule has 5 nitrogen and oxygen atoms in total. The second-order valence-electron chi connectivity index (χ2n) is 4.09. The zero-order valence-corrected chi connectivity index (χ0v) is 13.5. The second kappa shape index (κ2) is 7.93. The molecule has 0 aliphatic carbocycles. The first-order valence-corrected chi connectivity index (χ1v) is 7.79. The molecule has 0 saturated heterocycles. The second-order valence-corrected chi connectivity index (χ2v) is 5.85. The lowest BCUT2D eigenvalue weighted by Gasteiger charge is -2.03. The fraction of sp³-hybridized carbons (Fsp3) is 0.0714. The molecule has 0 saturated carbocycles. The van der Waals surface area contributed by atoms with Gasteiger partial charge in [0.25, 0.3) is 11.8 Å². The van der Waals surface area contributed by atoms with Crippen LogP contribution >= 0.6 is 34.5 Å². The molecule has 22 heavy (non-hydrogen) atoms. The Bertz CT molecular complexity index is 682. The van der Waals surface area contributed by atoms with Crippen LogP contribution < -0.4 is 10.7 Å². The molecule has 0 radical (unpaired) electrons. The Morgan fingerprint density at radius 3 is 2.55 bits per heavy atom. The number of amides is 2. The molecule has 0 aliphatic heterocycles. The lowest BCUT2D eigenvalue weighted by molar-refractivity contribution is -0.120. The lowest BCUT2D eigenvalue weighted by atomic mass is 10.2. The van der Waals surface area contributed by atoms with Gasteiger partial charge in [0.05, 0.1) is 27.7 Å². The third-order valence-electron chi connectivity index (χ3n) is 2.54. The Hall–Kier alpha value is -1.89. The van der Waals surface area contributed by atoms with E-state index < -0.39 is 5.91 Å². The van der Waals surface area contributed by atoms with Crippen molar-refractivity contribution in [2.45, 2.75) is 0 Å². The quantitative estimate of drug-likeness (QED) is 0.639. The van der Waals surface area contributed by atoms with Gasteiger partial charge >= 0.3 is 0 Å². The first kappa shape index (κ1) is 16.5. The number of hydrogen-bond donors (Lipinski definition) is 2. The summed E-state index contributed by atoms with van der Waals surface area (Å²) in [4.78, 5) is 23.8. The molecular formula is C14H11Cl2N3O2S. The minimum Gasteiger partial charge on any atom is -0.342 e. The fourth-order valence-electron chi connectivity index (χ4n) is 1.50. The van der Waals surface area contributed by atoms with Gasteiger partial charge in [0, 0.05) is 5.56 Å². The van der Waals surface area contributed by atoms with Gasteiger partial charge in [0.1, 0.15) is 0 Å². The Balaban J connectivity index is 1.83. The highest BCUT2D eigenvalue weighted by molar-refractivity contribution is 7.12. The number of rotatable bonds is 5. The molecule has 114 valence electrons. The molecular weight excluding hydrogens is 345 g/mol. The normalized spacial score (nSPS) is 10.6. The summed E-state index contributed by atoms with van der Waals surface area (Å²) in [6.45, 7) is -0.176. The SMILES string of the molecule is O=C(CNC(=O)c1cccs1)N/N=C\c1c(Cl)cccc1Cl. The van der Waals surface area contributed by atoms with Crippen LogP contribution in [0.3, 0.4) is 0 Å². The van der Waals surface area contributed by atoms with Crippen LogP contribution in [-0.4, -0.2) is 24.6 Å². The zero-order chi connectivity index (χ0) is 15.9. The summed E-state index contributed by atoms with van der Waals surface area (Å²) < 4.78 is 0. The number of halogens is 2. The maximum absolute atomic E-state index is 11.6. The van der Waals surface area contributed by atoms with Crippen LogP contribution in [0.25, 0.3) is 0 Å². The number of carbonyl (C=O) groups is 2. The van der Waals surface area contributed by atoms with Gasteiger partial charge in [-0.15, -0.1) is 11.3 Å². The van der Waals surface area contributed by atoms with Crippen molar-refractivity contribution in [1.82, 2.24) is 10.7 Å². The van der Waals surface area contributed by atoms with Crippen LogP contribution in [0.1, 0.15) is 15.2 Å². The van der Waals surface area contributed by atoms with Gasteiger partial charge in [-0.2, -0.15) is 5.10 Å². The van der Waals surface area contributed by atoms with Gasteiger partial charge in [0.15, 0.2) is 0 Å². The molecule has 1 heterocycles. The van der Waals surface area contributed by atoms with E-state index in [1.54, 1.807) is 35.7 Å². The molecule has 1 aromatic carbocycles. The molecule has 0 fully saturated rings. The summed E-state index contributed by atoms with van der Waals surface area (Å²) in [5.41, 5.74) is 2.80. The van der Waals surface area contributed by atoms with Crippen molar-refractivity contribution in [3.63, 3.8) is 0 Å². The smallest absolute Gasteiger partial charge is 0.261 e. The predicted molar refractivity (Wildman–Crippen MR) is 88.9 cm³/mol. The highest BCUT2D eigenvalue weighted by Crippen LogP contribution is 2.21. The summed E-state index contributed by atoms with van der Waals surface area (Å²) in [7, 11) is 0. The van der Waals surface area contributed by atoms with Crippen molar-refractivity contribution < 1.29 is 9.59 Å². The number of thiophene rings is 1. The molecule has 0 aliphatic rings. The Morgan fingerprint density at radius 2 is 1.91 bits per heavy atom. The molecule has 2 aromatic rings. The van der Waals surface area contributed by atoms with E-state index in [4.69, 9.17) is 23.2 Å². The number of nitrogens with one attached hydrogen (secondary N) is 2. The average Bonchev–Trinajstić information content (AvgIpc) is 3.02. The number of hydrogen-bond acceptors (Lipinski definition) is 4. The summed E-state index contributed by atoms with van der Waals surface area (Å²) in [5.74, 6) is -0.757.